The van der Waals surface area contributed by atoms with Crippen molar-refractivity contribution in [3.8, 4) is 0 Å². The number of rotatable bonds is 1. The Kier molecular flexibility index (Phi) is 2.72. The molecule has 3 nitrogen and oxygen atoms in total. The maximum absolute atomic E-state index is 12.8. The molecule has 14 heavy (non-hydrogen) atoms. The van der Waals surface area contributed by atoms with Crippen LogP contribution in [0.5, 0.6) is 0 Å². The smallest absolute Gasteiger partial charge is 0.278 e. The van der Waals surface area contributed by atoms with E-state index in [-0.39, 0.29) is 18.8 Å². The molecule has 1 aliphatic rings. The average Bonchev–Trinajstić information content (AvgIpc) is 2.52. The molecule has 1 saturated carbocycles. The van der Waals surface area contributed by atoms with Crippen LogP contribution in [0.25, 0.3) is 0 Å². The molecule has 0 bridgehead atoms. The Morgan fingerprint density at radius 1 is 1.29 bits per heavy atom. The van der Waals surface area contributed by atoms with Gasteiger partial charge in [-0.05, 0) is 12.8 Å². The molecule has 1 heterocycles. The minimum Gasteiger partial charge on any atom is -0.416 e. The van der Waals surface area contributed by atoms with E-state index >= 15 is 0 Å². The lowest BCUT2D eigenvalue weighted by atomic mass is 9.87. The quantitative estimate of drug-likeness (QED) is 0.748. The molecule has 0 amide bonds. The van der Waals surface area contributed by atoms with Crippen LogP contribution in [0, 0.1) is 3.90 Å². The summed E-state index contributed by atoms with van der Waals surface area (Å²) in [6.45, 7) is 0. The highest BCUT2D eigenvalue weighted by atomic mass is 127. The highest BCUT2D eigenvalue weighted by Gasteiger charge is 2.37. The van der Waals surface area contributed by atoms with E-state index in [2.05, 4.69) is 10.2 Å². The Hall–Kier alpha value is -0.270. The normalized spacial score (nSPS) is 22.5. The molecule has 1 fully saturated rings. The fraction of sp³-hybridized carbons (Fsp3) is 0.750. The largest absolute Gasteiger partial charge is 0.416 e. The van der Waals surface area contributed by atoms with Gasteiger partial charge in [-0.3, -0.25) is 0 Å². The number of aromatic nitrogens is 2. The van der Waals surface area contributed by atoms with Crippen LogP contribution >= 0.6 is 22.6 Å². The van der Waals surface area contributed by atoms with Gasteiger partial charge in [-0.15, -0.1) is 10.2 Å². The van der Waals surface area contributed by atoms with Crippen molar-refractivity contribution in [2.45, 2.75) is 37.5 Å². The van der Waals surface area contributed by atoms with Gasteiger partial charge in [0.15, 0.2) is 0 Å². The van der Waals surface area contributed by atoms with Crippen molar-refractivity contribution in [3.05, 3.63) is 9.79 Å². The van der Waals surface area contributed by atoms with Crippen molar-refractivity contribution < 1.29 is 13.2 Å². The Labute approximate surface area is 93.4 Å². The Bertz CT molecular complexity index is 319. The van der Waals surface area contributed by atoms with E-state index in [0.717, 1.165) is 0 Å². The Morgan fingerprint density at radius 3 is 2.43 bits per heavy atom. The Balaban J connectivity index is 2.02. The second kappa shape index (κ2) is 3.71. The molecule has 6 heteroatoms. The average molecular weight is 314 g/mol. The summed E-state index contributed by atoms with van der Waals surface area (Å²) in [7, 11) is 0. The van der Waals surface area contributed by atoms with Crippen molar-refractivity contribution in [2.75, 3.05) is 0 Å². The molecule has 0 aliphatic heterocycles. The summed E-state index contributed by atoms with van der Waals surface area (Å²) < 4.78 is 31.3. The highest BCUT2D eigenvalue weighted by molar-refractivity contribution is 14.1. The summed E-state index contributed by atoms with van der Waals surface area (Å²) in [5, 5.41) is 7.53. The van der Waals surface area contributed by atoms with Crippen LogP contribution in [0.15, 0.2) is 4.42 Å². The molecule has 0 N–H and O–H groups in total. The van der Waals surface area contributed by atoms with Crippen LogP contribution in [0.4, 0.5) is 8.78 Å². The third kappa shape index (κ3) is 2.21. The summed E-state index contributed by atoms with van der Waals surface area (Å²) in [5.41, 5.74) is 0. The number of hydrogen-bond acceptors (Lipinski definition) is 3. The van der Waals surface area contributed by atoms with Crippen molar-refractivity contribution in [2.24, 2.45) is 0 Å². The fourth-order valence-electron chi connectivity index (χ4n) is 1.67. The van der Waals surface area contributed by atoms with E-state index < -0.39 is 5.92 Å². The summed E-state index contributed by atoms with van der Waals surface area (Å²) in [5.74, 6) is -1.97. The molecule has 0 aromatic carbocycles. The van der Waals surface area contributed by atoms with Gasteiger partial charge >= 0.3 is 0 Å². The Morgan fingerprint density at radius 2 is 1.93 bits per heavy atom. The first-order valence-electron chi connectivity index (χ1n) is 4.43. The van der Waals surface area contributed by atoms with Crippen molar-refractivity contribution >= 4 is 22.6 Å². The molecule has 1 aromatic heterocycles. The highest BCUT2D eigenvalue weighted by Crippen LogP contribution is 2.40. The molecule has 2 rings (SSSR count). The first-order chi connectivity index (χ1) is 6.57. The van der Waals surface area contributed by atoms with Crippen LogP contribution in [-0.2, 0) is 0 Å². The summed E-state index contributed by atoms with van der Waals surface area (Å²) in [4.78, 5) is 0. The minimum atomic E-state index is -2.50. The van der Waals surface area contributed by atoms with Crippen molar-refractivity contribution in [3.63, 3.8) is 0 Å². The summed E-state index contributed by atoms with van der Waals surface area (Å²) in [6, 6.07) is 0. The van der Waals surface area contributed by atoms with Crippen molar-refractivity contribution in [1.82, 2.24) is 10.2 Å². The zero-order chi connectivity index (χ0) is 10.2. The van der Waals surface area contributed by atoms with E-state index in [1.54, 1.807) is 0 Å². The number of nitrogens with zero attached hydrogens (tertiary/aromatic N) is 2. The van der Waals surface area contributed by atoms with E-state index in [4.69, 9.17) is 4.42 Å². The number of halogens is 3. The molecule has 0 radical (unpaired) electrons. The number of hydrogen-bond donors (Lipinski definition) is 0. The predicted octanol–water partition coefficient (Wildman–Crippen LogP) is 2.97. The predicted molar refractivity (Wildman–Crippen MR) is 53.2 cm³/mol. The summed E-state index contributed by atoms with van der Waals surface area (Å²) in [6.07, 6.45) is 0.726. The minimum absolute atomic E-state index is 0.0191. The zero-order valence-corrected chi connectivity index (χ0v) is 9.50. The zero-order valence-electron chi connectivity index (χ0n) is 7.34. The monoisotopic (exact) mass is 314 g/mol. The van der Waals surface area contributed by atoms with Gasteiger partial charge in [0.2, 0.25) is 11.8 Å². The van der Waals surface area contributed by atoms with Gasteiger partial charge in [0.05, 0.1) is 0 Å². The first-order valence-corrected chi connectivity index (χ1v) is 5.51. The van der Waals surface area contributed by atoms with Gasteiger partial charge in [0.1, 0.15) is 0 Å². The van der Waals surface area contributed by atoms with E-state index in [1.165, 1.54) is 0 Å². The first kappa shape index (κ1) is 10.3. The lowest BCUT2D eigenvalue weighted by molar-refractivity contribution is -0.0399. The van der Waals surface area contributed by atoms with Crippen LogP contribution < -0.4 is 0 Å². The van der Waals surface area contributed by atoms with E-state index in [9.17, 15) is 8.78 Å². The third-order valence-corrected chi connectivity index (χ3v) is 2.92. The number of alkyl halides is 2. The standard InChI is InChI=1S/C8H9F2IN2O/c9-8(10)3-1-5(2-4-8)6-12-13-7(11)14-6/h5H,1-4H2. The SMILES string of the molecule is FC1(F)CCC(c2nnc(I)o2)CC1. The molecular weight excluding hydrogens is 305 g/mol. The third-order valence-electron chi connectivity index (χ3n) is 2.48. The van der Waals surface area contributed by atoms with Gasteiger partial charge in [-0.2, -0.15) is 0 Å². The van der Waals surface area contributed by atoms with Gasteiger partial charge < -0.3 is 4.42 Å². The molecule has 0 spiro atoms. The molecule has 0 atom stereocenters. The maximum atomic E-state index is 12.8. The fourth-order valence-corrected chi connectivity index (χ4v) is 2.00. The molecule has 0 saturated heterocycles. The molecule has 0 unspecified atom stereocenters. The summed E-state index contributed by atoms with van der Waals surface area (Å²) >= 11 is 1.92. The molecule has 1 aromatic rings. The maximum Gasteiger partial charge on any atom is 0.278 e. The van der Waals surface area contributed by atoms with Crippen LogP contribution in [0.3, 0.4) is 0 Å². The van der Waals surface area contributed by atoms with Crippen LogP contribution in [0.2, 0.25) is 0 Å². The second-order valence-electron chi connectivity index (χ2n) is 3.52. The van der Waals surface area contributed by atoms with Gasteiger partial charge in [-0.1, -0.05) is 0 Å². The van der Waals surface area contributed by atoms with E-state index in [0.29, 0.717) is 22.6 Å². The van der Waals surface area contributed by atoms with Gasteiger partial charge in [-0.25, -0.2) is 8.78 Å². The topological polar surface area (TPSA) is 38.9 Å². The van der Waals surface area contributed by atoms with Gasteiger partial charge in [0, 0.05) is 41.4 Å². The lowest BCUT2D eigenvalue weighted by Crippen LogP contribution is -2.23. The molecule has 78 valence electrons. The van der Waals surface area contributed by atoms with Crippen LogP contribution in [-0.4, -0.2) is 16.1 Å². The lowest BCUT2D eigenvalue weighted by Gasteiger charge is -2.25. The van der Waals surface area contributed by atoms with Crippen LogP contribution in [0.1, 0.15) is 37.5 Å². The van der Waals surface area contributed by atoms with Crippen molar-refractivity contribution in [1.29, 1.82) is 0 Å². The molecule has 1 aliphatic carbocycles. The van der Waals surface area contributed by atoms with Gasteiger partial charge in [0.25, 0.3) is 3.90 Å². The second-order valence-corrected chi connectivity index (χ2v) is 4.45. The van der Waals surface area contributed by atoms with E-state index in [1.807, 2.05) is 22.6 Å². The molecular formula is C8H9F2IN2O.